The maximum atomic E-state index is 5.79. The topological polar surface area (TPSA) is 34.2 Å². The van der Waals surface area contributed by atoms with E-state index in [1.165, 1.54) is 12.0 Å². The first-order valence-corrected chi connectivity index (χ1v) is 8.03. The van der Waals surface area contributed by atoms with Crippen LogP contribution in [0.25, 0.3) is 0 Å². The Morgan fingerprint density at radius 1 is 1.15 bits per heavy atom. The second kappa shape index (κ2) is 7.90. The van der Waals surface area contributed by atoms with Gasteiger partial charge in [0.25, 0.3) is 0 Å². The van der Waals surface area contributed by atoms with Crippen molar-refractivity contribution < 1.29 is 4.74 Å². The molecule has 0 unspecified atom stereocenters. The molecule has 2 aromatic rings. The second-order valence-corrected chi connectivity index (χ2v) is 5.86. The van der Waals surface area contributed by atoms with Gasteiger partial charge in [-0.2, -0.15) is 0 Å². The molecule has 1 aromatic carbocycles. The van der Waals surface area contributed by atoms with Gasteiger partial charge in [-0.1, -0.05) is 43.7 Å². The van der Waals surface area contributed by atoms with E-state index in [-0.39, 0.29) is 0 Å². The van der Waals surface area contributed by atoms with E-state index in [4.69, 9.17) is 4.74 Å². The molecule has 0 bridgehead atoms. The highest BCUT2D eigenvalue weighted by atomic mass is 32.1. The van der Waals surface area contributed by atoms with Crippen LogP contribution >= 0.6 is 11.3 Å². The van der Waals surface area contributed by atoms with Crippen molar-refractivity contribution in [3.8, 4) is 5.75 Å². The third-order valence-corrected chi connectivity index (χ3v) is 3.85. The number of nitrogens with one attached hydrogen (secondary N) is 1. The summed E-state index contributed by atoms with van der Waals surface area (Å²) in [7, 11) is 0. The number of hydrogen-bond donors (Lipinski definition) is 1. The molecular weight excluding hydrogens is 268 g/mol. The van der Waals surface area contributed by atoms with Gasteiger partial charge in [-0.05, 0) is 30.5 Å². The Labute approximate surface area is 125 Å². The van der Waals surface area contributed by atoms with Crippen LogP contribution < -0.4 is 10.1 Å². The van der Waals surface area contributed by atoms with Gasteiger partial charge in [-0.15, -0.1) is 0 Å². The minimum absolute atomic E-state index is 0.582. The predicted octanol–water partition coefficient (Wildman–Crippen LogP) is 4.50. The average Bonchev–Trinajstić information content (AvgIpc) is 2.93. The molecule has 0 fully saturated rings. The highest BCUT2D eigenvalue weighted by Gasteiger charge is 2.02. The van der Waals surface area contributed by atoms with Crippen LogP contribution in [-0.2, 0) is 13.0 Å². The molecule has 3 nitrogen and oxygen atoms in total. The lowest BCUT2D eigenvalue weighted by molar-refractivity contribution is 0.309. The van der Waals surface area contributed by atoms with Crippen LogP contribution in [0.2, 0.25) is 0 Å². The fourth-order valence-electron chi connectivity index (χ4n) is 1.88. The summed E-state index contributed by atoms with van der Waals surface area (Å²) in [6.07, 6.45) is 5.29. The van der Waals surface area contributed by atoms with E-state index in [2.05, 4.69) is 36.3 Å². The monoisotopic (exact) mass is 290 g/mol. The fraction of sp³-hybridized carbons (Fsp3) is 0.438. The van der Waals surface area contributed by atoms with E-state index in [1.807, 2.05) is 18.3 Å². The molecule has 1 aromatic heterocycles. The van der Waals surface area contributed by atoms with Gasteiger partial charge in [0.2, 0.25) is 0 Å². The molecule has 0 spiro atoms. The van der Waals surface area contributed by atoms with Crippen LogP contribution in [-0.4, -0.2) is 11.5 Å². The summed E-state index contributed by atoms with van der Waals surface area (Å²) in [5.41, 5.74) is 1.36. The maximum absolute atomic E-state index is 5.79. The predicted molar refractivity (Wildman–Crippen MR) is 85.7 cm³/mol. The van der Waals surface area contributed by atoms with Crippen molar-refractivity contribution >= 4 is 16.5 Å². The van der Waals surface area contributed by atoms with Crippen molar-refractivity contribution in [3.63, 3.8) is 0 Å². The van der Waals surface area contributed by atoms with Gasteiger partial charge in [0, 0.05) is 12.7 Å². The molecule has 0 amide bonds. The Hall–Kier alpha value is -1.55. The van der Waals surface area contributed by atoms with E-state index in [0.717, 1.165) is 35.1 Å². The largest absolute Gasteiger partial charge is 0.488 e. The van der Waals surface area contributed by atoms with Gasteiger partial charge in [0.15, 0.2) is 5.13 Å². The molecule has 108 valence electrons. The number of ether oxygens (including phenoxy) is 1. The van der Waals surface area contributed by atoms with E-state index in [9.17, 15) is 0 Å². The minimum Gasteiger partial charge on any atom is -0.488 e. The van der Waals surface area contributed by atoms with E-state index >= 15 is 0 Å². The third kappa shape index (κ3) is 4.53. The van der Waals surface area contributed by atoms with Crippen LogP contribution in [0.5, 0.6) is 5.75 Å². The molecule has 4 heteroatoms. The summed E-state index contributed by atoms with van der Waals surface area (Å²) in [4.78, 5) is 5.47. The van der Waals surface area contributed by atoms with Crippen molar-refractivity contribution in [1.82, 2.24) is 4.98 Å². The Morgan fingerprint density at radius 2 is 1.95 bits per heavy atom. The highest BCUT2D eigenvalue weighted by molar-refractivity contribution is 7.15. The van der Waals surface area contributed by atoms with Crippen LogP contribution in [0.3, 0.4) is 0 Å². The van der Waals surface area contributed by atoms with Crippen molar-refractivity contribution in [1.29, 1.82) is 0 Å². The molecular formula is C16H22N2OS. The number of aryl methyl sites for hydroxylation is 1. The number of rotatable bonds is 8. The number of aromatic nitrogens is 1. The summed E-state index contributed by atoms with van der Waals surface area (Å²) in [6.45, 7) is 5.89. The number of nitrogens with zero attached hydrogens (tertiary/aromatic N) is 1. The number of benzene rings is 1. The fourth-order valence-corrected chi connectivity index (χ4v) is 2.63. The standard InChI is InChI=1S/C16H22N2OS/c1-3-5-13-6-8-14(9-7-13)19-12-15-11-18-16(20-15)17-10-4-2/h6-9,11H,3-5,10,12H2,1-2H3,(H,17,18). The molecule has 1 N–H and O–H groups in total. The number of thiazole rings is 1. The Bertz CT molecular complexity index is 507. The first kappa shape index (κ1) is 14.9. The van der Waals surface area contributed by atoms with Gasteiger partial charge in [0.05, 0.1) is 4.88 Å². The van der Waals surface area contributed by atoms with Gasteiger partial charge >= 0.3 is 0 Å². The number of anilines is 1. The van der Waals surface area contributed by atoms with Gasteiger partial charge in [-0.25, -0.2) is 4.98 Å². The highest BCUT2D eigenvalue weighted by Crippen LogP contribution is 2.21. The van der Waals surface area contributed by atoms with Crippen molar-refractivity contribution in [2.75, 3.05) is 11.9 Å². The molecule has 0 aliphatic carbocycles. The lowest BCUT2D eigenvalue weighted by atomic mass is 10.1. The molecule has 20 heavy (non-hydrogen) atoms. The van der Waals surface area contributed by atoms with Crippen LogP contribution in [0.4, 0.5) is 5.13 Å². The van der Waals surface area contributed by atoms with Gasteiger partial charge < -0.3 is 10.1 Å². The quantitative estimate of drug-likeness (QED) is 0.777. The summed E-state index contributed by atoms with van der Waals surface area (Å²) in [5.74, 6) is 0.918. The maximum Gasteiger partial charge on any atom is 0.182 e. The molecule has 0 atom stereocenters. The van der Waals surface area contributed by atoms with Crippen LogP contribution in [0, 0.1) is 0 Å². The zero-order chi connectivity index (χ0) is 14.2. The normalized spacial score (nSPS) is 10.5. The average molecular weight is 290 g/mol. The SMILES string of the molecule is CCCNc1ncc(COc2ccc(CCC)cc2)s1. The molecule has 0 aliphatic rings. The molecule has 0 aliphatic heterocycles. The summed E-state index contributed by atoms with van der Waals surface area (Å²) >= 11 is 1.66. The van der Waals surface area contributed by atoms with Crippen molar-refractivity contribution in [3.05, 3.63) is 40.9 Å². The summed E-state index contributed by atoms with van der Waals surface area (Å²) < 4.78 is 5.79. The van der Waals surface area contributed by atoms with Crippen LogP contribution in [0.15, 0.2) is 30.5 Å². The lowest BCUT2D eigenvalue weighted by Crippen LogP contribution is -1.97. The van der Waals surface area contributed by atoms with Gasteiger partial charge in [-0.3, -0.25) is 0 Å². The molecule has 0 radical (unpaired) electrons. The van der Waals surface area contributed by atoms with E-state index in [0.29, 0.717) is 6.61 Å². The van der Waals surface area contributed by atoms with E-state index < -0.39 is 0 Å². The van der Waals surface area contributed by atoms with Crippen molar-refractivity contribution in [2.24, 2.45) is 0 Å². The van der Waals surface area contributed by atoms with Crippen molar-refractivity contribution in [2.45, 2.75) is 39.7 Å². The molecule has 0 saturated heterocycles. The molecule has 1 heterocycles. The lowest BCUT2D eigenvalue weighted by Gasteiger charge is -2.05. The Morgan fingerprint density at radius 3 is 2.65 bits per heavy atom. The second-order valence-electron chi connectivity index (χ2n) is 4.74. The third-order valence-electron chi connectivity index (χ3n) is 2.92. The van der Waals surface area contributed by atoms with Crippen LogP contribution in [0.1, 0.15) is 37.1 Å². The Balaban J connectivity index is 1.83. The molecule has 2 rings (SSSR count). The van der Waals surface area contributed by atoms with E-state index in [1.54, 1.807) is 11.3 Å². The van der Waals surface area contributed by atoms with Gasteiger partial charge in [0.1, 0.15) is 12.4 Å². The minimum atomic E-state index is 0.582. The summed E-state index contributed by atoms with van der Waals surface area (Å²) in [5, 5.41) is 4.26. The first-order valence-electron chi connectivity index (χ1n) is 7.22. The zero-order valence-corrected chi connectivity index (χ0v) is 13.0. The Kier molecular flexibility index (Phi) is 5.87. The number of hydrogen-bond acceptors (Lipinski definition) is 4. The molecule has 0 saturated carbocycles. The first-order chi connectivity index (χ1) is 9.81. The summed E-state index contributed by atoms with van der Waals surface area (Å²) in [6, 6.07) is 8.37. The smallest absolute Gasteiger partial charge is 0.182 e. The zero-order valence-electron chi connectivity index (χ0n) is 12.2.